The number of benzene rings is 2. The van der Waals surface area contributed by atoms with Gasteiger partial charge in [-0.15, -0.1) is 0 Å². The standard InChI is InChI=1S/C14H14N2O3/c1-9-7-11(15)3-5-13(9)19-14-6-4-12(16(17)18)8-10(14)2/h3-8H,15H2,1-2H3. The number of anilines is 1. The number of hydrogen-bond acceptors (Lipinski definition) is 4. The summed E-state index contributed by atoms with van der Waals surface area (Å²) in [5.41, 5.74) is 8.03. The quantitative estimate of drug-likeness (QED) is 0.518. The summed E-state index contributed by atoms with van der Waals surface area (Å²) >= 11 is 0. The summed E-state index contributed by atoms with van der Waals surface area (Å²) in [4.78, 5) is 10.2. The Labute approximate surface area is 110 Å². The Hall–Kier alpha value is -2.56. The van der Waals surface area contributed by atoms with Crippen LogP contribution in [0.2, 0.25) is 0 Å². The van der Waals surface area contributed by atoms with Crippen molar-refractivity contribution < 1.29 is 9.66 Å². The molecule has 0 aliphatic rings. The van der Waals surface area contributed by atoms with Gasteiger partial charge in [-0.05, 0) is 49.2 Å². The molecule has 5 heteroatoms. The summed E-state index contributed by atoms with van der Waals surface area (Å²) in [6.07, 6.45) is 0. The van der Waals surface area contributed by atoms with E-state index in [0.29, 0.717) is 22.7 Å². The molecule has 2 rings (SSSR count). The van der Waals surface area contributed by atoms with E-state index in [1.165, 1.54) is 12.1 Å². The Morgan fingerprint density at radius 1 is 1.05 bits per heavy atom. The molecule has 0 bridgehead atoms. The molecule has 2 aromatic rings. The lowest BCUT2D eigenvalue weighted by molar-refractivity contribution is -0.384. The predicted octanol–water partition coefficient (Wildman–Crippen LogP) is 3.59. The molecule has 0 radical (unpaired) electrons. The van der Waals surface area contributed by atoms with Crippen LogP contribution in [0.25, 0.3) is 0 Å². The van der Waals surface area contributed by atoms with Crippen molar-refractivity contribution in [1.29, 1.82) is 0 Å². The summed E-state index contributed by atoms with van der Waals surface area (Å²) < 4.78 is 5.75. The summed E-state index contributed by atoms with van der Waals surface area (Å²) in [6, 6.07) is 9.87. The number of nitrogen functional groups attached to an aromatic ring is 1. The Morgan fingerprint density at radius 2 is 1.63 bits per heavy atom. The van der Waals surface area contributed by atoms with E-state index in [9.17, 15) is 10.1 Å². The molecule has 0 aromatic heterocycles. The molecule has 19 heavy (non-hydrogen) atoms. The van der Waals surface area contributed by atoms with Gasteiger partial charge in [-0.3, -0.25) is 10.1 Å². The summed E-state index contributed by atoms with van der Waals surface area (Å²) in [6.45, 7) is 3.67. The zero-order valence-corrected chi connectivity index (χ0v) is 10.7. The van der Waals surface area contributed by atoms with Crippen LogP contribution in [-0.2, 0) is 0 Å². The number of ether oxygens (including phenoxy) is 1. The molecule has 0 fully saturated rings. The Balaban J connectivity index is 2.31. The number of nitro groups is 1. The third kappa shape index (κ3) is 2.82. The van der Waals surface area contributed by atoms with Gasteiger partial charge >= 0.3 is 0 Å². The van der Waals surface area contributed by atoms with E-state index in [1.807, 2.05) is 13.0 Å². The van der Waals surface area contributed by atoms with Crippen LogP contribution in [-0.4, -0.2) is 4.92 Å². The van der Waals surface area contributed by atoms with Crippen LogP contribution in [0.5, 0.6) is 11.5 Å². The molecule has 0 spiro atoms. The number of nitro benzene ring substituents is 1. The third-order valence-electron chi connectivity index (χ3n) is 2.79. The van der Waals surface area contributed by atoms with Gasteiger partial charge in [0, 0.05) is 17.8 Å². The topological polar surface area (TPSA) is 78.4 Å². The minimum absolute atomic E-state index is 0.0545. The SMILES string of the molecule is Cc1cc(N)ccc1Oc1ccc([N+](=O)[O-])cc1C. The van der Waals surface area contributed by atoms with E-state index in [4.69, 9.17) is 10.5 Å². The fraction of sp³-hybridized carbons (Fsp3) is 0.143. The first-order valence-corrected chi connectivity index (χ1v) is 5.76. The molecule has 0 unspecified atom stereocenters. The maximum atomic E-state index is 10.7. The van der Waals surface area contributed by atoms with Crippen molar-refractivity contribution in [2.45, 2.75) is 13.8 Å². The highest BCUT2D eigenvalue weighted by Gasteiger charge is 2.10. The Morgan fingerprint density at radius 3 is 2.16 bits per heavy atom. The van der Waals surface area contributed by atoms with Crippen LogP contribution in [0.4, 0.5) is 11.4 Å². The molecular weight excluding hydrogens is 244 g/mol. The fourth-order valence-corrected chi connectivity index (χ4v) is 1.77. The van der Waals surface area contributed by atoms with Gasteiger partial charge in [0.15, 0.2) is 0 Å². The number of nitrogens with zero attached hydrogens (tertiary/aromatic N) is 1. The van der Waals surface area contributed by atoms with Crippen molar-refractivity contribution in [2.24, 2.45) is 0 Å². The van der Waals surface area contributed by atoms with E-state index < -0.39 is 4.92 Å². The fourth-order valence-electron chi connectivity index (χ4n) is 1.77. The lowest BCUT2D eigenvalue weighted by atomic mass is 10.2. The third-order valence-corrected chi connectivity index (χ3v) is 2.79. The monoisotopic (exact) mass is 258 g/mol. The summed E-state index contributed by atoms with van der Waals surface area (Å²) in [7, 11) is 0. The molecule has 2 N–H and O–H groups in total. The van der Waals surface area contributed by atoms with E-state index in [-0.39, 0.29) is 5.69 Å². The largest absolute Gasteiger partial charge is 0.457 e. The average Bonchev–Trinajstić information content (AvgIpc) is 2.34. The lowest BCUT2D eigenvalue weighted by Crippen LogP contribution is -1.94. The second-order valence-electron chi connectivity index (χ2n) is 4.33. The van der Waals surface area contributed by atoms with Crippen LogP contribution in [0.15, 0.2) is 36.4 Å². The normalized spacial score (nSPS) is 10.2. The Kier molecular flexibility index (Phi) is 3.37. The second-order valence-corrected chi connectivity index (χ2v) is 4.33. The molecule has 0 aliphatic carbocycles. The van der Waals surface area contributed by atoms with Crippen LogP contribution >= 0.6 is 0 Å². The van der Waals surface area contributed by atoms with Crippen molar-refractivity contribution in [3.63, 3.8) is 0 Å². The van der Waals surface area contributed by atoms with E-state index >= 15 is 0 Å². The number of hydrogen-bond donors (Lipinski definition) is 1. The molecule has 0 atom stereocenters. The van der Waals surface area contributed by atoms with E-state index in [0.717, 1.165) is 5.56 Å². The highest BCUT2D eigenvalue weighted by Crippen LogP contribution is 2.30. The molecule has 5 nitrogen and oxygen atoms in total. The van der Waals surface area contributed by atoms with Crippen LogP contribution in [0.3, 0.4) is 0 Å². The average molecular weight is 258 g/mol. The molecule has 0 amide bonds. The van der Waals surface area contributed by atoms with Gasteiger partial charge in [0.2, 0.25) is 0 Å². The number of non-ortho nitro benzene ring substituents is 1. The highest BCUT2D eigenvalue weighted by molar-refractivity contribution is 5.50. The first kappa shape index (κ1) is 12.9. The molecule has 2 aromatic carbocycles. The Bertz CT molecular complexity index is 639. The maximum Gasteiger partial charge on any atom is 0.269 e. The number of rotatable bonds is 3. The van der Waals surface area contributed by atoms with E-state index in [2.05, 4.69) is 0 Å². The van der Waals surface area contributed by atoms with Gasteiger partial charge < -0.3 is 10.5 Å². The number of nitrogens with two attached hydrogens (primary N) is 1. The second kappa shape index (κ2) is 4.97. The van der Waals surface area contributed by atoms with Gasteiger partial charge in [0.05, 0.1) is 4.92 Å². The van der Waals surface area contributed by atoms with Crippen LogP contribution in [0.1, 0.15) is 11.1 Å². The molecule has 0 saturated carbocycles. The first-order valence-electron chi connectivity index (χ1n) is 5.76. The first-order chi connectivity index (χ1) is 8.97. The van der Waals surface area contributed by atoms with Crippen molar-refractivity contribution in [1.82, 2.24) is 0 Å². The molecule has 98 valence electrons. The van der Waals surface area contributed by atoms with Gasteiger partial charge in [-0.1, -0.05) is 0 Å². The van der Waals surface area contributed by atoms with Gasteiger partial charge in [0.25, 0.3) is 5.69 Å². The zero-order valence-electron chi connectivity index (χ0n) is 10.7. The molecule has 0 heterocycles. The van der Waals surface area contributed by atoms with Crippen molar-refractivity contribution in [2.75, 3.05) is 5.73 Å². The van der Waals surface area contributed by atoms with Crippen LogP contribution < -0.4 is 10.5 Å². The van der Waals surface area contributed by atoms with Crippen molar-refractivity contribution in [3.05, 3.63) is 57.6 Å². The minimum Gasteiger partial charge on any atom is -0.457 e. The summed E-state index contributed by atoms with van der Waals surface area (Å²) in [5.74, 6) is 1.28. The lowest BCUT2D eigenvalue weighted by Gasteiger charge is -2.11. The van der Waals surface area contributed by atoms with Crippen LogP contribution in [0, 0.1) is 24.0 Å². The zero-order chi connectivity index (χ0) is 14.0. The minimum atomic E-state index is -0.425. The molecular formula is C14H14N2O3. The number of aryl methyl sites for hydroxylation is 2. The van der Waals surface area contributed by atoms with Gasteiger partial charge in [-0.2, -0.15) is 0 Å². The summed E-state index contributed by atoms with van der Waals surface area (Å²) in [5, 5.41) is 10.7. The van der Waals surface area contributed by atoms with Gasteiger partial charge in [0.1, 0.15) is 11.5 Å². The maximum absolute atomic E-state index is 10.7. The van der Waals surface area contributed by atoms with Crippen molar-refractivity contribution >= 4 is 11.4 Å². The molecule has 0 saturated heterocycles. The van der Waals surface area contributed by atoms with Crippen molar-refractivity contribution in [3.8, 4) is 11.5 Å². The highest BCUT2D eigenvalue weighted by atomic mass is 16.6. The molecule has 0 aliphatic heterocycles. The predicted molar refractivity (Wildman–Crippen MR) is 73.5 cm³/mol. The smallest absolute Gasteiger partial charge is 0.269 e. The van der Waals surface area contributed by atoms with Gasteiger partial charge in [-0.25, -0.2) is 0 Å². The van der Waals surface area contributed by atoms with E-state index in [1.54, 1.807) is 25.1 Å².